The number of carbonyl (C=O) groups is 1. The van der Waals surface area contributed by atoms with E-state index in [1.807, 2.05) is 6.92 Å². The van der Waals surface area contributed by atoms with Crippen molar-refractivity contribution in [2.24, 2.45) is 4.99 Å². The minimum atomic E-state index is 0.0256. The molecule has 144 valence electrons. The highest BCUT2D eigenvalue weighted by atomic mass is 16.2. The van der Waals surface area contributed by atoms with Gasteiger partial charge in [-0.15, -0.1) is 0 Å². The molecular weight excluding hydrogens is 326 g/mol. The van der Waals surface area contributed by atoms with E-state index in [4.69, 9.17) is 0 Å². The van der Waals surface area contributed by atoms with Crippen LogP contribution in [0.1, 0.15) is 37.3 Å². The van der Waals surface area contributed by atoms with Crippen LogP contribution >= 0.6 is 0 Å². The highest BCUT2D eigenvalue weighted by molar-refractivity contribution is 5.86. The van der Waals surface area contributed by atoms with Crippen LogP contribution in [0.15, 0.2) is 29.3 Å². The number of amides is 1. The molecule has 0 radical (unpaired) electrons. The number of rotatable bonds is 7. The zero-order chi connectivity index (χ0) is 18.8. The average Bonchev–Trinajstić information content (AvgIpc) is 2.65. The fourth-order valence-corrected chi connectivity index (χ4v) is 2.96. The number of guanidine groups is 1. The summed E-state index contributed by atoms with van der Waals surface area (Å²) in [6.45, 7) is 7.09. The van der Waals surface area contributed by atoms with E-state index in [9.17, 15) is 4.79 Å². The van der Waals surface area contributed by atoms with E-state index >= 15 is 0 Å². The Morgan fingerprint density at radius 1 is 1.08 bits per heavy atom. The highest BCUT2D eigenvalue weighted by Gasteiger charge is 2.10. The zero-order valence-electron chi connectivity index (χ0n) is 16.4. The van der Waals surface area contributed by atoms with Gasteiger partial charge in [0.05, 0.1) is 13.1 Å². The van der Waals surface area contributed by atoms with Crippen molar-refractivity contribution < 1.29 is 4.79 Å². The second-order valence-corrected chi connectivity index (χ2v) is 6.99. The summed E-state index contributed by atoms with van der Waals surface area (Å²) in [5.74, 6) is 0.692. The number of likely N-dealkylation sites (N-methyl/N-ethyl adjacent to an activating group) is 1. The Morgan fingerprint density at radius 3 is 2.35 bits per heavy atom. The van der Waals surface area contributed by atoms with E-state index in [2.05, 4.69) is 44.8 Å². The normalized spacial score (nSPS) is 15.6. The summed E-state index contributed by atoms with van der Waals surface area (Å²) in [5.41, 5.74) is 2.53. The van der Waals surface area contributed by atoms with Crippen molar-refractivity contribution in [1.82, 2.24) is 20.4 Å². The van der Waals surface area contributed by atoms with Crippen LogP contribution in [-0.4, -0.2) is 61.9 Å². The van der Waals surface area contributed by atoms with Crippen LogP contribution < -0.4 is 10.6 Å². The second-order valence-electron chi connectivity index (χ2n) is 6.99. The Hall–Kier alpha value is -2.08. The predicted octanol–water partition coefficient (Wildman–Crippen LogP) is 1.82. The van der Waals surface area contributed by atoms with E-state index in [0.29, 0.717) is 12.5 Å². The summed E-state index contributed by atoms with van der Waals surface area (Å²) < 4.78 is 0. The van der Waals surface area contributed by atoms with Crippen LogP contribution in [0.25, 0.3) is 0 Å². The first-order chi connectivity index (χ1) is 12.6. The van der Waals surface area contributed by atoms with Gasteiger partial charge in [0.15, 0.2) is 5.96 Å². The van der Waals surface area contributed by atoms with E-state index < -0.39 is 0 Å². The lowest BCUT2D eigenvalue weighted by Crippen LogP contribution is -2.42. The van der Waals surface area contributed by atoms with Gasteiger partial charge < -0.3 is 15.5 Å². The van der Waals surface area contributed by atoms with Gasteiger partial charge in [0.25, 0.3) is 0 Å². The monoisotopic (exact) mass is 359 g/mol. The molecule has 6 nitrogen and oxygen atoms in total. The first-order valence-electron chi connectivity index (χ1n) is 9.61. The van der Waals surface area contributed by atoms with Crippen molar-refractivity contribution in [3.63, 3.8) is 0 Å². The smallest absolute Gasteiger partial charge is 0.241 e. The maximum Gasteiger partial charge on any atom is 0.241 e. The maximum absolute atomic E-state index is 11.7. The molecule has 2 rings (SSSR count). The molecule has 6 heteroatoms. The van der Waals surface area contributed by atoms with Crippen molar-refractivity contribution in [3.8, 4) is 0 Å². The molecule has 0 spiro atoms. The topological polar surface area (TPSA) is 60.0 Å². The second kappa shape index (κ2) is 10.8. The van der Waals surface area contributed by atoms with E-state index in [0.717, 1.165) is 13.1 Å². The van der Waals surface area contributed by atoms with Gasteiger partial charge in [-0.25, -0.2) is 4.99 Å². The number of aliphatic imine (C=N–C) groups is 1. The molecule has 1 aliphatic rings. The van der Waals surface area contributed by atoms with Gasteiger partial charge >= 0.3 is 0 Å². The summed E-state index contributed by atoms with van der Waals surface area (Å²) in [5, 5.41) is 6.25. The lowest BCUT2D eigenvalue weighted by molar-refractivity contribution is -0.127. The standard InChI is InChI=1S/C20H33N5O/c1-4-21-20(23-15-19(26)24(2)3)22-14-17-8-10-18(11-9-17)16-25-12-6-5-7-13-25/h8-11H,4-7,12-16H2,1-3H3,(H2,21,22,23). The average molecular weight is 360 g/mol. The molecule has 0 saturated carbocycles. The molecule has 0 bridgehead atoms. The summed E-state index contributed by atoms with van der Waals surface area (Å²) in [7, 11) is 3.50. The summed E-state index contributed by atoms with van der Waals surface area (Å²) in [4.78, 5) is 20.4. The molecule has 0 atom stereocenters. The molecule has 1 aliphatic heterocycles. The quantitative estimate of drug-likeness (QED) is 0.576. The Kier molecular flexibility index (Phi) is 8.41. The van der Waals surface area contributed by atoms with Crippen LogP contribution in [0.4, 0.5) is 0 Å². The summed E-state index contributed by atoms with van der Waals surface area (Å²) >= 11 is 0. The Morgan fingerprint density at radius 2 is 1.73 bits per heavy atom. The van der Waals surface area contributed by atoms with Gasteiger partial charge in [0.2, 0.25) is 5.91 Å². The van der Waals surface area contributed by atoms with Gasteiger partial charge in [-0.05, 0) is 44.0 Å². The third-order valence-electron chi connectivity index (χ3n) is 4.55. The lowest BCUT2D eigenvalue weighted by atomic mass is 10.1. The van der Waals surface area contributed by atoms with Gasteiger partial charge in [-0.2, -0.15) is 0 Å². The van der Waals surface area contributed by atoms with Crippen molar-refractivity contribution in [2.75, 3.05) is 40.3 Å². The molecule has 1 aromatic carbocycles. The summed E-state index contributed by atoms with van der Waals surface area (Å²) in [6.07, 6.45) is 4.02. The molecule has 1 aromatic rings. The predicted molar refractivity (Wildman–Crippen MR) is 107 cm³/mol. The number of piperidine rings is 1. The van der Waals surface area contributed by atoms with Crippen molar-refractivity contribution in [2.45, 2.75) is 39.3 Å². The molecule has 2 N–H and O–H groups in total. The third-order valence-corrected chi connectivity index (χ3v) is 4.55. The number of likely N-dealkylation sites (tertiary alicyclic amines) is 1. The Balaban J connectivity index is 1.86. The largest absolute Gasteiger partial charge is 0.357 e. The minimum Gasteiger partial charge on any atom is -0.357 e. The van der Waals surface area contributed by atoms with Gasteiger partial charge in [-0.1, -0.05) is 30.7 Å². The van der Waals surface area contributed by atoms with Crippen molar-refractivity contribution in [1.29, 1.82) is 0 Å². The SMILES string of the molecule is CCNC(=NCc1ccc(CN2CCCCC2)cc1)NCC(=O)N(C)C. The maximum atomic E-state index is 11.7. The van der Waals surface area contributed by atoms with Gasteiger partial charge in [0, 0.05) is 27.2 Å². The molecule has 0 aromatic heterocycles. The van der Waals surface area contributed by atoms with Crippen LogP contribution in [0.5, 0.6) is 0 Å². The fourth-order valence-electron chi connectivity index (χ4n) is 2.96. The number of hydrogen-bond donors (Lipinski definition) is 2. The highest BCUT2D eigenvalue weighted by Crippen LogP contribution is 2.13. The van der Waals surface area contributed by atoms with Gasteiger partial charge in [0.1, 0.15) is 0 Å². The van der Waals surface area contributed by atoms with Gasteiger partial charge in [-0.3, -0.25) is 9.69 Å². The number of carbonyl (C=O) groups excluding carboxylic acids is 1. The number of nitrogens with one attached hydrogen (secondary N) is 2. The molecule has 0 aliphatic carbocycles. The summed E-state index contributed by atoms with van der Waals surface area (Å²) in [6, 6.07) is 8.71. The number of nitrogens with zero attached hydrogens (tertiary/aromatic N) is 3. The minimum absolute atomic E-state index is 0.0256. The first kappa shape index (κ1) is 20.2. The molecule has 26 heavy (non-hydrogen) atoms. The molecule has 1 amide bonds. The number of benzene rings is 1. The van der Waals surface area contributed by atoms with E-state index in [-0.39, 0.29) is 12.5 Å². The molecule has 1 saturated heterocycles. The van der Waals surface area contributed by atoms with Crippen LogP contribution in [0, 0.1) is 0 Å². The molecular formula is C20H33N5O. The lowest BCUT2D eigenvalue weighted by Gasteiger charge is -2.26. The van der Waals surface area contributed by atoms with Crippen LogP contribution in [0.2, 0.25) is 0 Å². The Bertz CT molecular complexity index is 576. The molecule has 1 fully saturated rings. The van der Waals surface area contributed by atoms with E-state index in [1.54, 1.807) is 19.0 Å². The van der Waals surface area contributed by atoms with Crippen molar-refractivity contribution in [3.05, 3.63) is 35.4 Å². The first-order valence-corrected chi connectivity index (χ1v) is 9.61. The fraction of sp³-hybridized carbons (Fsp3) is 0.600. The van der Waals surface area contributed by atoms with Crippen molar-refractivity contribution >= 4 is 11.9 Å². The molecule has 0 unspecified atom stereocenters. The zero-order valence-corrected chi connectivity index (χ0v) is 16.4. The number of hydrogen-bond acceptors (Lipinski definition) is 3. The van der Waals surface area contributed by atoms with Crippen LogP contribution in [-0.2, 0) is 17.9 Å². The van der Waals surface area contributed by atoms with Crippen LogP contribution in [0.3, 0.4) is 0 Å². The van der Waals surface area contributed by atoms with E-state index in [1.165, 1.54) is 43.5 Å². The third kappa shape index (κ3) is 7.04. The Labute approximate surface area is 157 Å². The molecule has 1 heterocycles.